The molecule has 0 fully saturated rings. The molecule has 0 aliphatic heterocycles. The minimum Gasteiger partial charge on any atom is -0.462 e. The van der Waals surface area contributed by atoms with Crippen molar-refractivity contribution in [2.45, 2.75) is 27.3 Å². The van der Waals surface area contributed by atoms with Crippen molar-refractivity contribution in [3.8, 4) is 5.69 Å². The smallest absolute Gasteiger partial charge is 0.343 e. The zero-order chi connectivity index (χ0) is 20.3. The van der Waals surface area contributed by atoms with Crippen LogP contribution >= 0.6 is 11.6 Å². The number of hydrogen-bond donors (Lipinski definition) is 1. The van der Waals surface area contributed by atoms with E-state index in [2.05, 4.69) is 15.5 Å². The first kappa shape index (κ1) is 19.6. The number of nitrogens with zero attached hydrogens (tertiary/aromatic N) is 4. The third kappa shape index (κ3) is 3.91. The number of aromatic nitrogens is 4. The summed E-state index contributed by atoms with van der Waals surface area (Å²) >= 11 is 6.14. The molecule has 9 heteroatoms. The molecule has 0 unspecified atom stereocenters. The zero-order valence-electron chi connectivity index (χ0n) is 15.8. The van der Waals surface area contributed by atoms with Gasteiger partial charge in [0, 0.05) is 0 Å². The van der Waals surface area contributed by atoms with E-state index in [1.165, 1.54) is 15.6 Å². The molecule has 28 heavy (non-hydrogen) atoms. The fourth-order valence-corrected chi connectivity index (χ4v) is 2.86. The highest BCUT2D eigenvalue weighted by Gasteiger charge is 2.22. The second-order valence-electron chi connectivity index (χ2n) is 6.07. The SMILES string of the molecule is CCOC(=O)c1cnn(-c2ccccc2)c1NC(=O)Cn1nc(C)c(Cl)c1C. The average Bonchev–Trinajstić information content (AvgIpc) is 3.19. The summed E-state index contributed by atoms with van der Waals surface area (Å²) in [5.74, 6) is -0.693. The first-order valence-electron chi connectivity index (χ1n) is 8.72. The topological polar surface area (TPSA) is 91.0 Å². The summed E-state index contributed by atoms with van der Waals surface area (Å²) in [4.78, 5) is 25.0. The van der Waals surface area contributed by atoms with Gasteiger partial charge in [0.2, 0.25) is 5.91 Å². The summed E-state index contributed by atoms with van der Waals surface area (Å²) < 4.78 is 8.08. The van der Waals surface area contributed by atoms with E-state index in [4.69, 9.17) is 16.3 Å². The van der Waals surface area contributed by atoms with Crippen molar-refractivity contribution in [3.63, 3.8) is 0 Å². The second kappa shape index (κ2) is 8.26. The van der Waals surface area contributed by atoms with E-state index in [-0.39, 0.29) is 30.4 Å². The van der Waals surface area contributed by atoms with E-state index < -0.39 is 5.97 Å². The minimum absolute atomic E-state index is 0.0539. The maximum Gasteiger partial charge on any atom is 0.343 e. The highest BCUT2D eigenvalue weighted by molar-refractivity contribution is 6.31. The molecule has 0 bridgehead atoms. The van der Waals surface area contributed by atoms with Crippen molar-refractivity contribution >= 4 is 29.3 Å². The number of hydrogen-bond acceptors (Lipinski definition) is 5. The molecular weight excluding hydrogens is 382 g/mol. The molecule has 2 heterocycles. The largest absolute Gasteiger partial charge is 0.462 e. The molecule has 0 saturated heterocycles. The van der Waals surface area contributed by atoms with Gasteiger partial charge in [-0.2, -0.15) is 10.2 Å². The van der Waals surface area contributed by atoms with Gasteiger partial charge in [0.25, 0.3) is 0 Å². The number of halogens is 1. The van der Waals surface area contributed by atoms with Gasteiger partial charge in [-0.25, -0.2) is 9.48 Å². The molecule has 3 rings (SSSR count). The number of rotatable bonds is 6. The van der Waals surface area contributed by atoms with Crippen molar-refractivity contribution in [2.24, 2.45) is 0 Å². The van der Waals surface area contributed by atoms with Crippen LogP contribution in [0.15, 0.2) is 36.5 Å². The molecule has 0 aliphatic rings. The number of aryl methyl sites for hydroxylation is 1. The summed E-state index contributed by atoms with van der Waals surface area (Å²) in [6.07, 6.45) is 1.38. The molecule has 2 aromatic heterocycles. The van der Waals surface area contributed by atoms with E-state index in [9.17, 15) is 9.59 Å². The highest BCUT2D eigenvalue weighted by Crippen LogP contribution is 2.22. The van der Waals surface area contributed by atoms with Gasteiger partial charge in [-0.3, -0.25) is 9.48 Å². The van der Waals surface area contributed by atoms with Gasteiger partial charge in [-0.15, -0.1) is 0 Å². The van der Waals surface area contributed by atoms with Crippen LogP contribution in [0.25, 0.3) is 5.69 Å². The summed E-state index contributed by atoms with van der Waals surface area (Å²) in [5, 5.41) is 11.8. The van der Waals surface area contributed by atoms with Crippen LogP contribution in [-0.4, -0.2) is 38.0 Å². The fourth-order valence-electron chi connectivity index (χ4n) is 2.73. The van der Waals surface area contributed by atoms with Gasteiger partial charge in [-0.1, -0.05) is 29.8 Å². The van der Waals surface area contributed by atoms with Gasteiger partial charge in [-0.05, 0) is 32.9 Å². The van der Waals surface area contributed by atoms with Crippen LogP contribution in [0.5, 0.6) is 0 Å². The van der Waals surface area contributed by atoms with Crippen LogP contribution in [-0.2, 0) is 16.1 Å². The lowest BCUT2D eigenvalue weighted by atomic mass is 10.3. The molecule has 1 aromatic carbocycles. The molecule has 0 spiro atoms. The second-order valence-corrected chi connectivity index (χ2v) is 6.44. The molecule has 146 valence electrons. The Balaban J connectivity index is 1.92. The van der Waals surface area contributed by atoms with Crippen LogP contribution in [0.4, 0.5) is 5.82 Å². The molecule has 0 saturated carbocycles. The number of benzene rings is 1. The zero-order valence-corrected chi connectivity index (χ0v) is 16.5. The molecule has 0 aliphatic carbocycles. The van der Waals surface area contributed by atoms with Crippen molar-refractivity contribution < 1.29 is 14.3 Å². The predicted octanol–water partition coefficient (Wildman–Crippen LogP) is 3.15. The maximum absolute atomic E-state index is 12.7. The van der Waals surface area contributed by atoms with Gasteiger partial charge in [0.1, 0.15) is 12.1 Å². The molecule has 8 nitrogen and oxygen atoms in total. The van der Waals surface area contributed by atoms with Gasteiger partial charge in [0.15, 0.2) is 5.82 Å². The van der Waals surface area contributed by atoms with E-state index in [1.54, 1.807) is 20.8 Å². The molecule has 3 aromatic rings. The fraction of sp³-hybridized carbons (Fsp3) is 0.263. The first-order chi connectivity index (χ1) is 13.4. The third-order valence-corrected chi connectivity index (χ3v) is 4.66. The lowest BCUT2D eigenvalue weighted by Crippen LogP contribution is -2.23. The molecule has 0 radical (unpaired) electrons. The number of nitrogens with one attached hydrogen (secondary N) is 1. The van der Waals surface area contributed by atoms with Gasteiger partial charge < -0.3 is 10.1 Å². The van der Waals surface area contributed by atoms with Gasteiger partial charge >= 0.3 is 5.97 Å². The minimum atomic E-state index is -0.561. The molecule has 0 atom stereocenters. The Morgan fingerprint density at radius 2 is 1.93 bits per heavy atom. The van der Waals surface area contributed by atoms with Gasteiger partial charge in [0.05, 0.1) is 34.9 Å². The van der Waals surface area contributed by atoms with Crippen molar-refractivity contribution in [1.29, 1.82) is 0 Å². The Morgan fingerprint density at radius 1 is 1.21 bits per heavy atom. The number of carbonyl (C=O) groups excluding carboxylic acids is 2. The van der Waals surface area contributed by atoms with E-state index in [1.807, 2.05) is 30.3 Å². The number of anilines is 1. The Labute approximate surface area is 167 Å². The van der Waals surface area contributed by atoms with E-state index in [0.717, 1.165) is 0 Å². The standard InChI is InChI=1S/C19H20ClN5O3/c1-4-28-19(27)15-10-21-25(14-8-6-5-7-9-14)18(15)22-16(26)11-24-13(3)17(20)12(2)23-24/h5-10H,4,11H2,1-3H3,(H,22,26). The Bertz CT molecular complexity index is 1010. The number of amides is 1. The quantitative estimate of drug-likeness (QED) is 0.640. The Morgan fingerprint density at radius 3 is 2.54 bits per heavy atom. The highest BCUT2D eigenvalue weighted by atomic mass is 35.5. The summed E-state index contributed by atoms with van der Waals surface area (Å²) in [5.41, 5.74) is 2.21. The summed E-state index contributed by atoms with van der Waals surface area (Å²) in [7, 11) is 0. The van der Waals surface area contributed by atoms with E-state index in [0.29, 0.717) is 22.1 Å². The van der Waals surface area contributed by atoms with Crippen molar-refractivity contribution in [3.05, 3.63) is 58.5 Å². The molecule has 1 amide bonds. The normalized spacial score (nSPS) is 10.7. The number of ether oxygens (including phenoxy) is 1. The molecule has 1 N–H and O–H groups in total. The summed E-state index contributed by atoms with van der Waals surface area (Å²) in [6, 6.07) is 9.18. The number of esters is 1. The maximum atomic E-state index is 12.7. The lowest BCUT2D eigenvalue weighted by molar-refractivity contribution is -0.117. The van der Waals surface area contributed by atoms with Crippen molar-refractivity contribution in [2.75, 3.05) is 11.9 Å². The Hall–Kier alpha value is -3.13. The molecular formula is C19H20ClN5O3. The van der Waals surface area contributed by atoms with Crippen LogP contribution in [0.2, 0.25) is 5.02 Å². The number of para-hydroxylation sites is 1. The Kier molecular flexibility index (Phi) is 5.79. The van der Waals surface area contributed by atoms with E-state index >= 15 is 0 Å². The number of carbonyl (C=O) groups is 2. The predicted molar refractivity (Wildman–Crippen MR) is 105 cm³/mol. The third-order valence-electron chi connectivity index (χ3n) is 4.11. The van der Waals surface area contributed by atoms with Crippen molar-refractivity contribution in [1.82, 2.24) is 19.6 Å². The van der Waals surface area contributed by atoms with Crippen LogP contribution in [0.1, 0.15) is 28.7 Å². The average molecular weight is 402 g/mol. The lowest BCUT2D eigenvalue weighted by Gasteiger charge is -2.11. The van der Waals surface area contributed by atoms with Crippen LogP contribution in [0.3, 0.4) is 0 Å². The van der Waals surface area contributed by atoms with Crippen LogP contribution < -0.4 is 5.32 Å². The van der Waals surface area contributed by atoms with Crippen LogP contribution in [0, 0.1) is 13.8 Å². The first-order valence-corrected chi connectivity index (χ1v) is 9.10. The summed E-state index contributed by atoms with van der Waals surface area (Å²) in [6.45, 7) is 5.43. The monoisotopic (exact) mass is 401 g/mol.